The van der Waals surface area contributed by atoms with Gasteiger partial charge in [0.05, 0.1) is 16.3 Å². The number of hydrogen-bond donors (Lipinski definition) is 2. The van der Waals surface area contributed by atoms with Crippen molar-refractivity contribution >= 4 is 32.6 Å². The van der Waals surface area contributed by atoms with E-state index in [1.54, 1.807) is 18.3 Å². The standard InChI is InChI=1S/C22H20FN3OS/c1-26-19-5-3-14(10-16(19)21-18-4-2-13(25-18)9-20(21)26)28(27)15-8-12-6-7-24-22(12)17(23)11-15/h3,5-8,10-11,13,18,24-25H,2,4,9H2,1H3. The Hall–Kier alpha value is -2.44. The monoisotopic (exact) mass is 393 g/mol. The Morgan fingerprint density at radius 3 is 2.93 bits per heavy atom. The van der Waals surface area contributed by atoms with Crippen LogP contribution in [-0.4, -0.2) is 19.8 Å². The van der Waals surface area contributed by atoms with Crippen LogP contribution >= 0.6 is 0 Å². The van der Waals surface area contributed by atoms with Crippen LogP contribution in [0.4, 0.5) is 4.39 Å². The fourth-order valence-corrected chi connectivity index (χ4v) is 6.17. The SMILES string of the molecule is Cn1c2c(c3cc(S(=O)c4cc(F)c5[nH]ccc5c4)ccc31)C1CCC(C2)N1. The van der Waals surface area contributed by atoms with Gasteiger partial charge in [-0.15, -0.1) is 0 Å². The molecule has 0 aliphatic carbocycles. The van der Waals surface area contributed by atoms with Crippen molar-refractivity contribution in [1.82, 2.24) is 14.9 Å². The minimum Gasteiger partial charge on any atom is -0.359 e. The molecule has 0 spiro atoms. The number of aromatic nitrogens is 2. The summed E-state index contributed by atoms with van der Waals surface area (Å²) in [5.74, 6) is -0.370. The van der Waals surface area contributed by atoms with Crippen molar-refractivity contribution in [3.63, 3.8) is 0 Å². The summed E-state index contributed by atoms with van der Waals surface area (Å²) in [5.41, 5.74) is 4.38. The van der Waals surface area contributed by atoms with Gasteiger partial charge in [0.2, 0.25) is 0 Å². The summed E-state index contributed by atoms with van der Waals surface area (Å²) in [6.45, 7) is 0. The average molecular weight is 393 g/mol. The molecule has 0 amide bonds. The van der Waals surface area contributed by atoms with Crippen LogP contribution in [-0.2, 0) is 24.3 Å². The first-order valence-electron chi connectivity index (χ1n) is 9.66. The van der Waals surface area contributed by atoms with Crippen LogP contribution in [0.1, 0.15) is 30.1 Å². The molecule has 0 saturated carbocycles. The molecule has 2 aliphatic heterocycles. The lowest BCUT2D eigenvalue weighted by Crippen LogP contribution is -2.32. The number of fused-ring (bicyclic) bond motifs is 7. The lowest BCUT2D eigenvalue weighted by Gasteiger charge is -2.23. The lowest BCUT2D eigenvalue weighted by molar-refractivity contribution is 0.503. The number of aromatic amines is 1. The number of nitrogens with zero attached hydrogens (tertiary/aromatic N) is 1. The molecule has 2 N–H and O–H groups in total. The van der Waals surface area contributed by atoms with Crippen molar-refractivity contribution in [3.8, 4) is 0 Å². The smallest absolute Gasteiger partial charge is 0.148 e. The summed E-state index contributed by atoms with van der Waals surface area (Å²) >= 11 is 0. The number of H-pyrrole nitrogens is 1. The normalized spacial score (nSPS) is 22.1. The van der Waals surface area contributed by atoms with Gasteiger partial charge in [-0.05, 0) is 54.8 Å². The molecule has 3 atom stereocenters. The van der Waals surface area contributed by atoms with Gasteiger partial charge in [-0.3, -0.25) is 0 Å². The third kappa shape index (κ3) is 2.22. The molecule has 2 bridgehead atoms. The van der Waals surface area contributed by atoms with Crippen LogP contribution in [0.2, 0.25) is 0 Å². The molecule has 2 aliphatic rings. The van der Waals surface area contributed by atoms with Gasteiger partial charge in [-0.1, -0.05) is 0 Å². The van der Waals surface area contributed by atoms with Gasteiger partial charge in [0, 0.05) is 63.5 Å². The molecule has 0 radical (unpaired) electrons. The Morgan fingerprint density at radius 1 is 1.14 bits per heavy atom. The molecule has 3 unspecified atom stereocenters. The van der Waals surface area contributed by atoms with Gasteiger partial charge in [-0.25, -0.2) is 8.60 Å². The van der Waals surface area contributed by atoms with E-state index in [2.05, 4.69) is 28.0 Å². The summed E-state index contributed by atoms with van der Waals surface area (Å²) < 4.78 is 29.9. The number of rotatable bonds is 2. The van der Waals surface area contributed by atoms with Crippen LogP contribution in [0.15, 0.2) is 52.4 Å². The Bertz CT molecular complexity index is 1290. The van der Waals surface area contributed by atoms with E-state index in [0.29, 0.717) is 22.5 Å². The molecule has 4 nitrogen and oxygen atoms in total. The Kier molecular flexibility index (Phi) is 3.41. The third-order valence-corrected chi connectivity index (χ3v) is 7.72. The van der Waals surface area contributed by atoms with E-state index in [0.717, 1.165) is 23.1 Å². The van der Waals surface area contributed by atoms with E-state index in [-0.39, 0.29) is 5.82 Å². The topological polar surface area (TPSA) is 49.8 Å². The maximum Gasteiger partial charge on any atom is 0.148 e. The van der Waals surface area contributed by atoms with Crippen LogP contribution in [0.25, 0.3) is 21.8 Å². The van der Waals surface area contributed by atoms with E-state index in [1.165, 1.54) is 34.6 Å². The molecule has 1 fully saturated rings. The van der Waals surface area contributed by atoms with Crippen molar-refractivity contribution in [2.45, 2.75) is 41.1 Å². The maximum absolute atomic E-state index is 14.4. The third-order valence-electron chi connectivity index (χ3n) is 6.38. The second kappa shape index (κ2) is 5.78. The van der Waals surface area contributed by atoms with E-state index < -0.39 is 10.8 Å². The van der Waals surface area contributed by atoms with Gasteiger partial charge in [0.15, 0.2) is 0 Å². The largest absolute Gasteiger partial charge is 0.359 e. The first-order chi connectivity index (χ1) is 13.6. The minimum atomic E-state index is -1.43. The highest BCUT2D eigenvalue weighted by Gasteiger charge is 2.35. The molecule has 4 heterocycles. The minimum absolute atomic E-state index is 0.370. The van der Waals surface area contributed by atoms with Gasteiger partial charge in [0.25, 0.3) is 0 Å². The summed E-state index contributed by atoms with van der Waals surface area (Å²) in [5, 5.41) is 5.62. The van der Waals surface area contributed by atoms with Crippen molar-refractivity contribution in [2.75, 3.05) is 0 Å². The van der Waals surface area contributed by atoms with Crippen molar-refractivity contribution < 1.29 is 8.60 Å². The molecule has 4 aromatic rings. The predicted octanol–water partition coefficient (Wildman–Crippen LogP) is 4.31. The van der Waals surface area contributed by atoms with Gasteiger partial charge < -0.3 is 14.9 Å². The summed E-state index contributed by atoms with van der Waals surface area (Å²) in [7, 11) is 0.692. The number of benzene rings is 2. The van der Waals surface area contributed by atoms with Crippen LogP contribution in [0.3, 0.4) is 0 Å². The van der Waals surface area contributed by atoms with Crippen molar-refractivity contribution in [2.24, 2.45) is 7.05 Å². The van der Waals surface area contributed by atoms with Crippen molar-refractivity contribution in [3.05, 3.63) is 59.7 Å². The molecule has 142 valence electrons. The number of nitrogens with one attached hydrogen (secondary N) is 2. The maximum atomic E-state index is 14.4. The van der Waals surface area contributed by atoms with E-state index in [9.17, 15) is 8.60 Å². The number of aryl methyl sites for hydroxylation is 1. The molecule has 1 saturated heterocycles. The second-order valence-corrected chi connectivity index (χ2v) is 9.39. The highest BCUT2D eigenvalue weighted by Crippen LogP contribution is 2.42. The molecule has 6 rings (SSSR count). The average Bonchev–Trinajstić information content (AvgIpc) is 3.39. The number of hydrogen-bond acceptors (Lipinski definition) is 2. The van der Waals surface area contributed by atoms with E-state index >= 15 is 0 Å². The summed E-state index contributed by atoms with van der Waals surface area (Å²) in [6, 6.07) is 12.0. The Morgan fingerprint density at radius 2 is 2.04 bits per heavy atom. The lowest BCUT2D eigenvalue weighted by atomic mass is 9.99. The zero-order valence-corrected chi connectivity index (χ0v) is 16.3. The first kappa shape index (κ1) is 16.5. The Labute approximate surface area is 164 Å². The highest BCUT2D eigenvalue weighted by molar-refractivity contribution is 7.85. The quantitative estimate of drug-likeness (QED) is 0.533. The number of halogens is 1. The highest BCUT2D eigenvalue weighted by atomic mass is 32.2. The first-order valence-corrected chi connectivity index (χ1v) is 10.8. The molecule has 28 heavy (non-hydrogen) atoms. The molecular formula is C22H20FN3OS. The predicted molar refractivity (Wildman–Crippen MR) is 108 cm³/mol. The van der Waals surface area contributed by atoms with E-state index in [4.69, 9.17) is 0 Å². The fourth-order valence-electron chi connectivity index (χ4n) is 5.04. The molecule has 6 heteroatoms. The summed E-state index contributed by atoms with van der Waals surface area (Å²) in [6.07, 6.45) is 5.11. The second-order valence-electron chi connectivity index (χ2n) is 7.91. The summed E-state index contributed by atoms with van der Waals surface area (Å²) in [4.78, 5) is 4.10. The Balaban J connectivity index is 1.50. The fraction of sp³-hybridized carbons (Fsp3) is 0.273. The van der Waals surface area contributed by atoms with Gasteiger partial charge in [-0.2, -0.15) is 0 Å². The molecule has 2 aromatic carbocycles. The molecular weight excluding hydrogens is 373 g/mol. The van der Waals surface area contributed by atoms with Gasteiger partial charge in [0.1, 0.15) is 5.82 Å². The van der Waals surface area contributed by atoms with Crippen molar-refractivity contribution in [1.29, 1.82) is 0 Å². The zero-order valence-electron chi connectivity index (χ0n) is 15.5. The van der Waals surface area contributed by atoms with Crippen LogP contribution in [0, 0.1) is 5.82 Å². The van der Waals surface area contributed by atoms with Crippen LogP contribution < -0.4 is 5.32 Å². The molecule has 2 aromatic heterocycles. The van der Waals surface area contributed by atoms with E-state index in [1.807, 2.05) is 12.1 Å². The van der Waals surface area contributed by atoms with Crippen LogP contribution in [0.5, 0.6) is 0 Å². The zero-order chi connectivity index (χ0) is 19.0. The van der Waals surface area contributed by atoms with Gasteiger partial charge >= 0.3 is 0 Å².